The summed E-state index contributed by atoms with van der Waals surface area (Å²) in [5.74, 6) is 0.573. The van der Waals surface area contributed by atoms with Crippen molar-refractivity contribution in [1.82, 2.24) is 0 Å². The highest BCUT2D eigenvalue weighted by Gasteiger charge is 2.10. The van der Waals surface area contributed by atoms with Gasteiger partial charge in [0.15, 0.2) is 0 Å². The maximum Gasteiger partial charge on any atom is 0.0650 e. The van der Waals surface area contributed by atoms with Crippen molar-refractivity contribution in [3.63, 3.8) is 0 Å². The molecule has 1 atom stereocenters. The first-order chi connectivity index (χ1) is 4.34. The van der Waals surface area contributed by atoms with Gasteiger partial charge < -0.3 is 5.11 Å². The lowest BCUT2D eigenvalue weighted by Crippen LogP contribution is -2.07. The zero-order valence-electron chi connectivity index (χ0n) is 5.85. The second kappa shape index (κ2) is 3.02. The maximum atomic E-state index is 8.76. The van der Waals surface area contributed by atoms with Crippen LogP contribution >= 0.6 is 0 Å². The van der Waals surface area contributed by atoms with Gasteiger partial charge in [-0.3, -0.25) is 0 Å². The Labute approximate surface area is 56.4 Å². The average molecular weight is 125 g/mol. The smallest absolute Gasteiger partial charge is 0.0650 e. The van der Waals surface area contributed by atoms with E-state index < -0.39 is 0 Å². The molecule has 1 aliphatic rings. The van der Waals surface area contributed by atoms with Gasteiger partial charge >= 0.3 is 0 Å². The molecule has 0 aromatic heterocycles. The Morgan fingerprint density at radius 2 is 2.56 bits per heavy atom. The number of rotatable bonds is 1. The van der Waals surface area contributed by atoms with Gasteiger partial charge in [0.1, 0.15) is 0 Å². The predicted octanol–water partition coefficient (Wildman–Crippen LogP) is 1.53. The summed E-state index contributed by atoms with van der Waals surface area (Å²) in [4.78, 5) is 0. The van der Waals surface area contributed by atoms with Crippen molar-refractivity contribution in [2.45, 2.75) is 26.2 Å². The molecule has 0 spiro atoms. The van der Waals surface area contributed by atoms with Crippen molar-refractivity contribution in [1.29, 1.82) is 0 Å². The third kappa shape index (κ3) is 1.55. The zero-order chi connectivity index (χ0) is 6.69. The minimum absolute atomic E-state index is 0.209. The Morgan fingerprint density at radius 3 is 3.00 bits per heavy atom. The van der Waals surface area contributed by atoms with Crippen LogP contribution < -0.4 is 0 Å². The molecule has 1 heteroatoms. The molecule has 0 saturated carbocycles. The molecule has 0 fully saturated rings. The highest BCUT2D eigenvalue weighted by Crippen LogP contribution is 2.22. The van der Waals surface area contributed by atoms with Crippen LogP contribution in [-0.2, 0) is 0 Å². The van der Waals surface area contributed by atoms with Crippen molar-refractivity contribution in [2.24, 2.45) is 5.92 Å². The third-order valence-electron chi connectivity index (χ3n) is 1.93. The van der Waals surface area contributed by atoms with Crippen LogP contribution in [0.3, 0.4) is 0 Å². The summed E-state index contributed by atoms with van der Waals surface area (Å²) >= 11 is 0. The topological polar surface area (TPSA) is 20.2 Å². The lowest BCUT2D eigenvalue weighted by atomic mass is 9.90. The summed E-state index contributed by atoms with van der Waals surface area (Å²) in [6, 6.07) is 0. The predicted molar refractivity (Wildman–Crippen MR) is 36.9 cm³/mol. The van der Waals surface area contributed by atoms with Gasteiger partial charge in [-0.15, -0.1) is 0 Å². The molecule has 0 saturated heterocycles. The van der Waals surface area contributed by atoms with Crippen LogP contribution in [-0.4, -0.2) is 11.7 Å². The molecule has 1 radical (unpaired) electrons. The first-order valence-corrected chi connectivity index (χ1v) is 3.55. The monoisotopic (exact) mass is 125 g/mol. The van der Waals surface area contributed by atoms with Crippen LogP contribution in [0.2, 0.25) is 0 Å². The summed E-state index contributed by atoms with van der Waals surface area (Å²) in [6.07, 6.45) is 6.69. The Bertz CT molecular complexity index is 116. The van der Waals surface area contributed by atoms with Crippen molar-refractivity contribution in [2.75, 3.05) is 6.61 Å². The lowest BCUT2D eigenvalue weighted by molar-refractivity contribution is 0.306. The van der Waals surface area contributed by atoms with Gasteiger partial charge in [-0.2, -0.15) is 0 Å². The quantitative estimate of drug-likeness (QED) is 0.563. The van der Waals surface area contributed by atoms with Gasteiger partial charge in [-0.1, -0.05) is 6.92 Å². The molecule has 0 aliphatic heterocycles. The number of hydrogen-bond donors (Lipinski definition) is 1. The van der Waals surface area contributed by atoms with Crippen molar-refractivity contribution in [3.05, 3.63) is 11.6 Å². The third-order valence-corrected chi connectivity index (χ3v) is 1.93. The first kappa shape index (κ1) is 6.81. The number of hydrogen-bond acceptors (Lipinski definition) is 1. The number of aliphatic hydroxyl groups excluding tert-OH is 1. The molecule has 0 aromatic carbocycles. The molecule has 0 amide bonds. The zero-order valence-corrected chi connectivity index (χ0v) is 5.85. The highest BCUT2D eigenvalue weighted by atomic mass is 16.3. The number of aliphatic hydroxyl groups is 1. The summed E-state index contributed by atoms with van der Waals surface area (Å²) in [6.45, 7) is 2.36. The van der Waals surface area contributed by atoms with Gasteiger partial charge in [0.25, 0.3) is 0 Å². The molecule has 1 unspecified atom stereocenters. The molecule has 0 heterocycles. The van der Waals surface area contributed by atoms with Gasteiger partial charge in [0, 0.05) is 0 Å². The molecule has 9 heavy (non-hydrogen) atoms. The van der Waals surface area contributed by atoms with Crippen molar-refractivity contribution >= 4 is 0 Å². The molecule has 0 aromatic rings. The van der Waals surface area contributed by atoms with E-state index in [2.05, 4.69) is 13.0 Å². The molecular formula is C8H13O. The molecule has 51 valence electrons. The van der Waals surface area contributed by atoms with Gasteiger partial charge in [-0.25, -0.2) is 0 Å². The van der Waals surface area contributed by atoms with E-state index in [-0.39, 0.29) is 6.61 Å². The molecular weight excluding hydrogens is 112 g/mol. The largest absolute Gasteiger partial charge is 0.392 e. The second-order valence-corrected chi connectivity index (χ2v) is 2.65. The van der Waals surface area contributed by atoms with E-state index in [4.69, 9.17) is 5.11 Å². The highest BCUT2D eigenvalue weighted by molar-refractivity contribution is 5.03. The SMILES string of the molecule is CC1CCC[C]=C1CO. The lowest BCUT2D eigenvalue weighted by Gasteiger charge is -2.17. The fourth-order valence-electron chi connectivity index (χ4n) is 1.22. The van der Waals surface area contributed by atoms with Gasteiger partial charge in [0.2, 0.25) is 0 Å². The van der Waals surface area contributed by atoms with Crippen molar-refractivity contribution in [3.8, 4) is 0 Å². The maximum absolute atomic E-state index is 8.76. The minimum atomic E-state index is 0.209. The van der Waals surface area contributed by atoms with E-state index in [1.807, 2.05) is 0 Å². The van der Waals surface area contributed by atoms with Crippen LogP contribution in [0, 0.1) is 12.0 Å². The van der Waals surface area contributed by atoms with Crippen molar-refractivity contribution < 1.29 is 5.11 Å². The standard InChI is InChI=1S/C8H13O/c1-7-4-2-3-5-8(7)6-9/h7,9H,2-4,6H2,1H3. The van der Waals surface area contributed by atoms with E-state index in [0.29, 0.717) is 5.92 Å². The molecule has 1 aliphatic carbocycles. The van der Waals surface area contributed by atoms with Crippen LogP contribution in [0.25, 0.3) is 0 Å². The molecule has 1 rings (SSSR count). The fourth-order valence-corrected chi connectivity index (χ4v) is 1.22. The van der Waals surface area contributed by atoms with E-state index in [0.717, 1.165) is 12.0 Å². The normalized spacial score (nSPS) is 27.8. The van der Waals surface area contributed by atoms with Crippen LogP contribution in [0.4, 0.5) is 0 Å². The summed E-state index contributed by atoms with van der Waals surface area (Å²) in [7, 11) is 0. The second-order valence-electron chi connectivity index (χ2n) is 2.65. The van der Waals surface area contributed by atoms with E-state index in [1.54, 1.807) is 0 Å². The van der Waals surface area contributed by atoms with E-state index in [1.165, 1.54) is 12.8 Å². The van der Waals surface area contributed by atoms with E-state index >= 15 is 0 Å². The van der Waals surface area contributed by atoms with Crippen LogP contribution in [0.5, 0.6) is 0 Å². The van der Waals surface area contributed by atoms with Gasteiger partial charge in [0.05, 0.1) is 6.61 Å². The summed E-state index contributed by atoms with van der Waals surface area (Å²) in [5.41, 5.74) is 1.11. The molecule has 1 N–H and O–H groups in total. The van der Waals surface area contributed by atoms with Crippen LogP contribution in [0.15, 0.2) is 5.57 Å². The first-order valence-electron chi connectivity index (χ1n) is 3.55. The Balaban J connectivity index is 2.53. The summed E-state index contributed by atoms with van der Waals surface area (Å²) < 4.78 is 0. The average Bonchev–Trinajstić information content (AvgIpc) is 1.89. The Morgan fingerprint density at radius 1 is 1.78 bits per heavy atom. The Hall–Kier alpha value is -0.300. The molecule has 0 bridgehead atoms. The Kier molecular flexibility index (Phi) is 2.29. The fraction of sp³-hybridized carbons (Fsp3) is 0.750. The molecule has 1 nitrogen and oxygen atoms in total. The van der Waals surface area contributed by atoms with Crippen LogP contribution in [0.1, 0.15) is 26.2 Å². The van der Waals surface area contributed by atoms with E-state index in [9.17, 15) is 0 Å². The van der Waals surface area contributed by atoms with Gasteiger partial charge in [-0.05, 0) is 36.8 Å². The number of allylic oxidation sites excluding steroid dienone is 1. The minimum Gasteiger partial charge on any atom is -0.392 e. The summed E-state index contributed by atoms with van der Waals surface area (Å²) in [5, 5.41) is 8.76.